The van der Waals surface area contributed by atoms with Crippen molar-refractivity contribution in [1.82, 2.24) is 10.7 Å². The average molecular weight is 426 g/mol. The SMILES string of the molecule is COCCNC(=O)C(=O)N/N=C\c1ccc(OCC(=O)Nc2cccc(C)c2C)cc1. The molecule has 9 heteroatoms. The van der Waals surface area contributed by atoms with Crippen LogP contribution in [0.2, 0.25) is 0 Å². The molecule has 2 aromatic carbocycles. The monoisotopic (exact) mass is 426 g/mol. The van der Waals surface area contributed by atoms with E-state index in [1.54, 1.807) is 24.3 Å². The molecule has 0 spiro atoms. The molecular formula is C22H26N4O5. The largest absolute Gasteiger partial charge is 0.484 e. The molecule has 0 bridgehead atoms. The van der Waals surface area contributed by atoms with Crippen LogP contribution in [0.25, 0.3) is 0 Å². The molecule has 0 saturated carbocycles. The maximum absolute atomic E-state index is 12.1. The van der Waals surface area contributed by atoms with E-state index < -0.39 is 11.8 Å². The van der Waals surface area contributed by atoms with Crippen LogP contribution in [0.5, 0.6) is 5.75 Å². The van der Waals surface area contributed by atoms with E-state index in [0.717, 1.165) is 16.8 Å². The Kier molecular flexibility index (Phi) is 9.18. The summed E-state index contributed by atoms with van der Waals surface area (Å²) in [6.07, 6.45) is 1.39. The van der Waals surface area contributed by atoms with E-state index in [4.69, 9.17) is 9.47 Å². The molecule has 0 atom stereocenters. The van der Waals surface area contributed by atoms with E-state index >= 15 is 0 Å². The van der Waals surface area contributed by atoms with Crippen molar-refractivity contribution >= 4 is 29.6 Å². The van der Waals surface area contributed by atoms with Gasteiger partial charge < -0.3 is 20.1 Å². The van der Waals surface area contributed by atoms with Gasteiger partial charge in [0.2, 0.25) is 0 Å². The van der Waals surface area contributed by atoms with Crippen LogP contribution in [0.4, 0.5) is 5.69 Å². The van der Waals surface area contributed by atoms with Gasteiger partial charge in [-0.3, -0.25) is 14.4 Å². The number of hydrogen-bond donors (Lipinski definition) is 3. The van der Waals surface area contributed by atoms with Crippen molar-refractivity contribution in [1.29, 1.82) is 0 Å². The molecule has 0 aliphatic rings. The van der Waals surface area contributed by atoms with Crippen molar-refractivity contribution in [3.63, 3.8) is 0 Å². The Labute approximate surface area is 180 Å². The van der Waals surface area contributed by atoms with E-state index in [1.165, 1.54) is 13.3 Å². The normalized spacial score (nSPS) is 10.5. The van der Waals surface area contributed by atoms with Crippen LogP contribution in [0, 0.1) is 13.8 Å². The van der Waals surface area contributed by atoms with Gasteiger partial charge >= 0.3 is 11.8 Å². The number of nitrogens with one attached hydrogen (secondary N) is 3. The number of methoxy groups -OCH3 is 1. The minimum Gasteiger partial charge on any atom is -0.484 e. The zero-order valence-corrected chi connectivity index (χ0v) is 17.7. The summed E-state index contributed by atoms with van der Waals surface area (Å²) in [4.78, 5) is 35.2. The Bertz CT molecular complexity index is 941. The molecule has 3 amide bonds. The van der Waals surface area contributed by atoms with Gasteiger partial charge in [0.1, 0.15) is 5.75 Å². The van der Waals surface area contributed by atoms with Gasteiger partial charge in [-0.1, -0.05) is 12.1 Å². The van der Waals surface area contributed by atoms with Crippen LogP contribution in [-0.4, -0.2) is 50.8 Å². The lowest BCUT2D eigenvalue weighted by Crippen LogP contribution is -2.39. The minimum absolute atomic E-state index is 0.130. The second kappa shape index (κ2) is 12.1. The van der Waals surface area contributed by atoms with E-state index in [9.17, 15) is 14.4 Å². The van der Waals surface area contributed by atoms with Gasteiger partial charge in [0.15, 0.2) is 6.61 Å². The Hall–Kier alpha value is -3.72. The minimum atomic E-state index is -0.873. The second-order valence-electron chi connectivity index (χ2n) is 6.60. The smallest absolute Gasteiger partial charge is 0.329 e. The predicted octanol–water partition coefficient (Wildman–Crippen LogP) is 1.53. The van der Waals surface area contributed by atoms with E-state index in [2.05, 4.69) is 21.2 Å². The highest BCUT2D eigenvalue weighted by Gasteiger charge is 2.11. The molecule has 3 N–H and O–H groups in total. The van der Waals surface area contributed by atoms with Crippen molar-refractivity contribution in [2.45, 2.75) is 13.8 Å². The van der Waals surface area contributed by atoms with Gasteiger partial charge in [-0.25, -0.2) is 5.43 Å². The van der Waals surface area contributed by atoms with Crippen LogP contribution >= 0.6 is 0 Å². The molecule has 0 unspecified atom stereocenters. The van der Waals surface area contributed by atoms with Crippen molar-refractivity contribution in [2.75, 3.05) is 32.2 Å². The number of carbonyl (C=O) groups is 3. The molecule has 2 aromatic rings. The predicted molar refractivity (Wildman–Crippen MR) is 117 cm³/mol. The lowest BCUT2D eigenvalue weighted by Gasteiger charge is -2.11. The van der Waals surface area contributed by atoms with Gasteiger partial charge in [-0.15, -0.1) is 0 Å². The van der Waals surface area contributed by atoms with E-state index in [0.29, 0.717) is 17.9 Å². The summed E-state index contributed by atoms with van der Waals surface area (Å²) in [6, 6.07) is 12.5. The summed E-state index contributed by atoms with van der Waals surface area (Å²) in [6.45, 7) is 4.34. The maximum Gasteiger partial charge on any atom is 0.329 e. The zero-order valence-electron chi connectivity index (χ0n) is 17.7. The highest BCUT2D eigenvalue weighted by atomic mass is 16.5. The van der Waals surface area contributed by atoms with Crippen LogP contribution in [0.1, 0.15) is 16.7 Å². The van der Waals surface area contributed by atoms with E-state index in [-0.39, 0.29) is 19.1 Å². The number of carbonyl (C=O) groups excluding carboxylic acids is 3. The third-order valence-corrected chi connectivity index (χ3v) is 4.31. The van der Waals surface area contributed by atoms with Crippen molar-refractivity contribution < 1.29 is 23.9 Å². The molecule has 9 nitrogen and oxygen atoms in total. The fourth-order valence-electron chi connectivity index (χ4n) is 2.43. The Balaban J connectivity index is 1.78. The summed E-state index contributed by atoms with van der Waals surface area (Å²) in [7, 11) is 1.49. The maximum atomic E-state index is 12.1. The number of nitrogens with zero attached hydrogens (tertiary/aromatic N) is 1. The Morgan fingerprint density at radius 3 is 2.48 bits per heavy atom. The quantitative estimate of drug-likeness (QED) is 0.243. The molecule has 31 heavy (non-hydrogen) atoms. The Morgan fingerprint density at radius 2 is 1.77 bits per heavy atom. The summed E-state index contributed by atoms with van der Waals surface area (Å²) in [5.41, 5.74) is 5.68. The van der Waals surface area contributed by atoms with Gasteiger partial charge in [0.25, 0.3) is 5.91 Å². The third kappa shape index (κ3) is 7.90. The number of benzene rings is 2. The van der Waals surface area contributed by atoms with Gasteiger partial charge in [0.05, 0.1) is 12.8 Å². The van der Waals surface area contributed by atoms with Crippen molar-refractivity contribution in [2.24, 2.45) is 5.10 Å². The highest BCUT2D eigenvalue weighted by Crippen LogP contribution is 2.18. The number of aryl methyl sites for hydroxylation is 1. The first-order chi connectivity index (χ1) is 14.9. The van der Waals surface area contributed by atoms with Crippen molar-refractivity contribution in [3.8, 4) is 5.75 Å². The van der Waals surface area contributed by atoms with Gasteiger partial charge in [0, 0.05) is 19.3 Å². The lowest BCUT2D eigenvalue weighted by atomic mass is 10.1. The number of ether oxygens (including phenoxy) is 2. The second-order valence-corrected chi connectivity index (χ2v) is 6.60. The van der Waals surface area contributed by atoms with Crippen LogP contribution in [0.3, 0.4) is 0 Å². The topological polar surface area (TPSA) is 118 Å². The zero-order chi connectivity index (χ0) is 22.6. The van der Waals surface area contributed by atoms with Crippen LogP contribution in [0.15, 0.2) is 47.6 Å². The lowest BCUT2D eigenvalue weighted by molar-refractivity contribution is -0.139. The number of hydrazone groups is 1. The molecule has 0 fully saturated rings. The number of anilines is 1. The summed E-state index contributed by atoms with van der Waals surface area (Å²) in [5.74, 6) is -1.42. The van der Waals surface area contributed by atoms with Crippen LogP contribution < -0.4 is 20.8 Å². The molecule has 2 rings (SSSR count). The number of amides is 3. The first-order valence-corrected chi connectivity index (χ1v) is 9.60. The van der Waals surface area contributed by atoms with Crippen molar-refractivity contribution in [3.05, 3.63) is 59.2 Å². The molecule has 0 heterocycles. The molecule has 0 aliphatic heterocycles. The summed E-state index contributed by atoms with van der Waals surface area (Å²) >= 11 is 0. The molecule has 0 saturated heterocycles. The molecule has 164 valence electrons. The molecule has 0 aromatic heterocycles. The summed E-state index contributed by atoms with van der Waals surface area (Å²) in [5, 5.41) is 8.95. The molecular weight excluding hydrogens is 400 g/mol. The Morgan fingerprint density at radius 1 is 1.03 bits per heavy atom. The first kappa shape index (κ1) is 23.6. The number of rotatable bonds is 9. The standard InChI is InChI=1S/C22H26N4O5/c1-15-5-4-6-19(16(15)2)25-20(27)14-31-18-9-7-17(8-10-18)13-24-26-22(29)21(28)23-11-12-30-3/h4-10,13H,11-12,14H2,1-3H3,(H,23,28)(H,25,27)(H,26,29)/b24-13-. The number of hydrogen-bond acceptors (Lipinski definition) is 6. The average Bonchev–Trinajstić information content (AvgIpc) is 2.76. The molecule has 0 aliphatic carbocycles. The summed E-state index contributed by atoms with van der Waals surface area (Å²) < 4.78 is 10.3. The van der Waals surface area contributed by atoms with Gasteiger partial charge in [-0.05, 0) is 60.9 Å². The third-order valence-electron chi connectivity index (χ3n) is 4.31. The fraction of sp³-hybridized carbons (Fsp3) is 0.273. The highest BCUT2D eigenvalue weighted by molar-refractivity contribution is 6.35. The van der Waals surface area contributed by atoms with E-state index in [1.807, 2.05) is 32.0 Å². The molecule has 0 radical (unpaired) electrons. The fourth-order valence-corrected chi connectivity index (χ4v) is 2.43. The van der Waals surface area contributed by atoms with Gasteiger partial charge in [-0.2, -0.15) is 5.10 Å². The first-order valence-electron chi connectivity index (χ1n) is 9.60. The van der Waals surface area contributed by atoms with Crippen LogP contribution in [-0.2, 0) is 19.1 Å².